The van der Waals surface area contributed by atoms with E-state index in [1.807, 2.05) is 6.07 Å². The first-order valence-corrected chi connectivity index (χ1v) is 10.2. The summed E-state index contributed by atoms with van der Waals surface area (Å²) in [5, 5.41) is 11.3. The summed E-state index contributed by atoms with van der Waals surface area (Å²) in [6.07, 6.45) is 5.15. The van der Waals surface area contributed by atoms with Crippen LogP contribution in [0.2, 0.25) is 0 Å². The molecule has 0 aromatic heterocycles. The van der Waals surface area contributed by atoms with Gasteiger partial charge in [-0.1, -0.05) is 19.9 Å². The van der Waals surface area contributed by atoms with E-state index in [-0.39, 0.29) is 5.75 Å². The van der Waals surface area contributed by atoms with Gasteiger partial charge in [0.05, 0.1) is 21.3 Å². The summed E-state index contributed by atoms with van der Waals surface area (Å²) in [5.74, 6) is 3.05. The van der Waals surface area contributed by atoms with E-state index in [1.165, 1.54) is 16.7 Å². The van der Waals surface area contributed by atoms with Crippen LogP contribution < -0.4 is 14.2 Å². The molecule has 0 amide bonds. The standard InChI is InChI=1S/C24H30O4/c1-13-9-16-11-15-7-6-8-18(15)23(27-4)21(16)20-17(10-14(13)2)12-19(26-3)24(28-5)22(20)25/h11-14,25H,6-10H2,1-5H3/t13-,14+/m0/s1. The Morgan fingerprint density at radius 3 is 2.04 bits per heavy atom. The van der Waals surface area contributed by atoms with Gasteiger partial charge in [-0.25, -0.2) is 0 Å². The van der Waals surface area contributed by atoms with Crippen molar-refractivity contribution >= 4 is 0 Å². The number of hydrogen-bond acceptors (Lipinski definition) is 4. The lowest BCUT2D eigenvalue weighted by Crippen LogP contribution is -2.18. The number of aryl methyl sites for hydroxylation is 1. The first kappa shape index (κ1) is 19.0. The van der Waals surface area contributed by atoms with Crippen molar-refractivity contribution in [1.29, 1.82) is 0 Å². The van der Waals surface area contributed by atoms with E-state index in [4.69, 9.17) is 14.2 Å². The van der Waals surface area contributed by atoms with Gasteiger partial charge in [-0.05, 0) is 72.3 Å². The summed E-state index contributed by atoms with van der Waals surface area (Å²) in [7, 11) is 4.93. The molecule has 4 nitrogen and oxygen atoms in total. The number of hydrogen-bond donors (Lipinski definition) is 1. The highest BCUT2D eigenvalue weighted by Crippen LogP contribution is 2.53. The van der Waals surface area contributed by atoms with E-state index in [0.29, 0.717) is 23.3 Å². The number of phenolic OH excluding ortho intramolecular Hbond substituents is 1. The molecule has 2 aromatic carbocycles. The molecule has 28 heavy (non-hydrogen) atoms. The maximum atomic E-state index is 11.3. The predicted octanol–water partition coefficient (Wildman–Crippen LogP) is 4.94. The fourth-order valence-corrected chi connectivity index (χ4v) is 4.99. The van der Waals surface area contributed by atoms with Crippen LogP contribution in [0, 0.1) is 11.8 Å². The zero-order valence-electron chi connectivity index (χ0n) is 17.5. The van der Waals surface area contributed by atoms with E-state index < -0.39 is 0 Å². The van der Waals surface area contributed by atoms with E-state index in [1.54, 1.807) is 21.3 Å². The number of rotatable bonds is 3. The van der Waals surface area contributed by atoms with Crippen LogP contribution in [0.4, 0.5) is 0 Å². The Balaban J connectivity index is 2.10. The summed E-state index contributed by atoms with van der Waals surface area (Å²) in [6.45, 7) is 4.61. The first-order chi connectivity index (χ1) is 13.5. The number of ether oxygens (including phenoxy) is 3. The Bertz CT molecular complexity index is 916. The largest absolute Gasteiger partial charge is 0.504 e. The van der Waals surface area contributed by atoms with Crippen LogP contribution in [0.25, 0.3) is 11.1 Å². The first-order valence-electron chi connectivity index (χ1n) is 10.2. The number of phenols is 1. The van der Waals surface area contributed by atoms with Gasteiger partial charge >= 0.3 is 0 Å². The van der Waals surface area contributed by atoms with Crippen molar-refractivity contribution in [3.8, 4) is 34.1 Å². The van der Waals surface area contributed by atoms with E-state index in [9.17, 15) is 5.11 Å². The number of methoxy groups -OCH3 is 3. The van der Waals surface area contributed by atoms with Crippen LogP contribution >= 0.6 is 0 Å². The minimum absolute atomic E-state index is 0.149. The lowest BCUT2D eigenvalue weighted by atomic mass is 9.77. The van der Waals surface area contributed by atoms with E-state index >= 15 is 0 Å². The summed E-state index contributed by atoms with van der Waals surface area (Å²) in [6, 6.07) is 4.38. The minimum atomic E-state index is 0.149. The number of aromatic hydroxyl groups is 1. The predicted molar refractivity (Wildman–Crippen MR) is 111 cm³/mol. The van der Waals surface area contributed by atoms with Crippen molar-refractivity contribution < 1.29 is 19.3 Å². The van der Waals surface area contributed by atoms with Crippen LogP contribution in [0.3, 0.4) is 0 Å². The Morgan fingerprint density at radius 1 is 0.786 bits per heavy atom. The fraction of sp³-hybridized carbons (Fsp3) is 0.500. The van der Waals surface area contributed by atoms with Gasteiger partial charge in [0, 0.05) is 11.1 Å². The molecule has 2 aromatic rings. The molecule has 150 valence electrons. The second-order valence-corrected chi connectivity index (χ2v) is 8.29. The zero-order valence-corrected chi connectivity index (χ0v) is 17.5. The van der Waals surface area contributed by atoms with Crippen LogP contribution in [0.15, 0.2) is 12.1 Å². The summed E-state index contributed by atoms with van der Waals surface area (Å²) in [4.78, 5) is 0. The third-order valence-electron chi connectivity index (χ3n) is 6.67. The van der Waals surface area contributed by atoms with Crippen molar-refractivity contribution in [2.24, 2.45) is 11.8 Å². The Labute approximate surface area is 167 Å². The molecule has 1 N–H and O–H groups in total. The van der Waals surface area contributed by atoms with Crippen molar-refractivity contribution in [1.82, 2.24) is 0 Å². The second-order valence-electron chi connectivity index (χ2n) is 8.29. The molecule has 0 fully saturated rings. The van der Waals surface area contributed by atoms with Gasteiger partial charge in [-0.2, -0.15) is 0 Å². The fourth-order valence-electron chi connectivity index (χ4n) is 4.99. The average molecular weight is 383 g/mol. The van der Waals surface area contributed by atoms with Crippen LogP contribution in [-0.4, -0.2) is 26.4 Å². The Kier molecular flexibility index (Phi) is 4.90. The monoisotopic (exact) mass is 382 g/mol. The average Bonchev–Trinajstić information content (AvgIpc) is 3.14. The smallest absolute Gasteiger partial charge is 0.203 e. The van der Waals surface area contributed by atoms with Gasteiger partial charge in [0.1, 0.15) is 5.75 Å². The SMILES string of the molecule is COc1cc2c(c(O)c1OC)-c1c(cc3c(c1OC)CCC3)C[C@H](C)[C@H](C)C2. The normalized spacial score (nSPS) is 20.5. The van der Waals surface area contributed by atoms with Crippen molar-refractivity contribution in [3.05, 3.63) is 34.4 Å². The molecule has 0 aliphatic heterocycles. The third kappa shape index (κ3) is 2.81. The van der Waals surface area contributed by atoms with Crippen molar-refractivity contribution in [2.45, 2.75) is 46.0 Å². The molecule has 0 radical (unpaired) electrons. The van der Waals surface area contributed by atoms with Gasteiger partial charge in [0.2, 0.25) is 5.75 Å². The summed E-state index contributed by atoms with van der Waals surface area (Å²) < 4.78 is 17.0. The minimum Gasteiger partial charge on any atom is -0.504 e. The Hall–Kier alpha value is -2.36. The molecule has 2 atom stereocenters. The highest BCUT2D eigenvalue weighted by Gasteiger charge is 2.32. The molecule has 0 unspecified atom stereocenters. The van der Waals surface area contributed by atoms with Gasteiger partial charge in [0.15, 0.2) is 11.5 Å². The van der Waals surface area contributed by atoms with Crippen LogP contribution in [-0.2, 0) is 25.7 Å². The maximum absolute atomic E-state index is 11.3. The molecule has 4 rings (SSSR count). The van der Waals surface area contributed by atoms with E-state index in [2.05, 4.69) is 19.9 Å². The number of fused-ring (bicyclic) bond motifs is 4. The third-order valence-corrected chi connectivity index (χ3v) is 6.67. The molecule has 0 saturated heterocycles. The quantitative estimate of drug-likeness (QED) is 0.816. The molecule has 0 bridgehead atoms. The lowest BCUT2D eigenvalue weighted by molar-refractivity contribution is 0.330. The zero-order chi connectivity index (χ0) is 20.0. The van der Waals surface area contributed by atoms with Crippen LogP contribution in [0.1, 0.15) is 42.5 Å². The highest BCUT2D eigenvalue weighted by molar-refractivity contribution is 5.86. The molecule has 2 aliphatic rings. The van der Waals surface area contributed by atoms with Gasteiger partial charge in [-0.3, -0.25) is 0 Å². The maximum Gasteiger partial charge on any atom is 0.203 e. The molecule has 0 heterocycles. The van der Waals surface area contributed by atoms with E-state index in [0.717, 1.165) is 54.5 Å². The molecule has 0 spiro atoms. The molecular weight excluding hydrogens is 352 g/mol. The highest BCUT2D eigenvalue weighted by atomic mass is 16.5. The van der Waals surface area contributed by atoms with Crippen LogP contribution in [0.5, 0.6) is 23.0 Å². The molecule has 4 heteroatoms. The van der Waals surface area contributed by atoms with Gasteiger partial charge in [0.25, 0.3) is 0 Å². The Morgan fingerprint density at radius 2 is 1.43 bits per heavy atom. The lowest BCUT2D eigenvalue weighted by Gasteiger charge is -2.30. The van der Waals surface area contributed by atoms with Gasteiger partial charge in [-0.15, -0.1) is 0 Å². The van der Waals surface area contributed by atoms with Crippen molar-refractivity contribution in [3.63, 3.8) is 0 Å². The summed E-state index contributed by atoms with van der Waals surface area (Å²) >= 11 is 0. The van der Waals surface area contributed by atoms with Gasteiger partial charge < -0.3 is 19.3 Å². The molecule has 0 saturated carbocycles. The van der Waals surface area contributed by atoms with Crippen molar-refractivity contribution in [2.75, 3.05) is 21.3 Å². The molecular formula is C24H30O4. The molecule has 2 aliphatic carbocycles. The topological polar surface area (TPSA) is 47.9 Å². The number of benzene rings is 2. The second kappa shape index (κ2) is 7.23. The summed E-state index contributed by atoms with van der Waals surface area (Å²) in [5.41, 5.74) is 6.93.